The summed E-state index contributed by atoms with van der Waals surface area (Å²) in [4.78, 5) is 2.55. The van der Waals surface area contributed by atoms with Crippen molar-refractivity contribution in [2.45, 2.75) is 11.1 Å². The van der Waals surface area contributed by atoms with E-state index in [4.69, 9.17) is 10.7 Å². The van der Waals surface area contributed by atoms with E-state index in [0.717, 1.165) is 0 Å². The van der Waals surface area contributed by atoms with E-state index in [9.17, 15) is 21.6 Å². The Morgan fingerprint density at radius 1 is 1.40 bits per heavy atom. The molecule has 0 unspecified atom stereocenters. The van der Waals surface area contributed by atoms with Gasteiger partial charge in [-0.15, -0.1) is 0 Å². The van der Waals surface area contributed by atoms with Gasteiger partial charge in [0.1, 0.15) is 10.6 Å². The van der Waals surface area contributed by atoms with Crippen LogP contribution in [0.5, 0.6) is 0 Å². The minimum absolute atomic E-state index is 0.120. The monoisotopic (exact) mass is 371 g/mol. The molecule has 9 heteroatoms. The van der Waals surface area contributed by atoms with Crippen molar-refractivity contribution in [3.05, 3.63) is 21.5 Å². The second-order valence-electron chi connectivity index (χ2n) is 2.44. The third-order valence-electron chi connectivity index (χ3n) is 1.37. The van der Waals surface area contributed by atoms with E-state index in [2.05, 4.69) is 4.98 Å². The summed E-state index contributed by atoms with van der Waals surface area (Å²) in [7, 11) is 0.916. The van der Waals surface area contributed by atoms with E-state index in [-0.39, 0.29) is 3.57 Å². The molecule has 0 bridgehead atoms. The van der Waals surface area contributed by atoms with Gasteiger partial charge in [-0.1, -0.05) is 0 Å². The number of rotatable bonds is 1. The Labute approximate surface area is 101 Å². The molecule has 0 spiro atoms. The highest BCUT2D eigenvalue weighted by Crippen LogP contribution is 2.30. The molecule has 0 fully saturated rings. The summed E-state index contributed by atoms with van der Waals surface area (Å²) in [5, 5.41) is 0. The fourth-order valence-electron chi connectivity index (χ4n) is 0.753. The van der Waals surface area contributed by atoms with Crippen LogP contribution in [0.4, 0.5) is 13.2 Å². The van der Waals surface area contributed by atoms with Crippen LogP contribution in [0.25, 0.3) is 0 Å². The van der Waals surface area contributed by atoms with Gasteiger partial charge in [-0.2, -0.15) is 13.2 Å². The fourth-order valence-corrected chi connectivity index (χ4v) is 3.29. The summed E-state index contributed by atoms with van der Waals surface area (Å²) in [6.45, 7) is 0. The second-order valence-corrected chi connectivity index (χ2v) is 6.13. The summed E-state index contributed by atoms with van der Waals surface area (Å²) in [6.07, 6.45) is -4.01. The van der Waals surface area contributed by atoms with Gasteiger partial charge in [-0.25, -0.2) is 8.42 Å². The summed E-state index contributed by atoms with van der Waals surface area (Å²) in [5.74, 6) is 0. The van der Waals surface area contributed by atoms with Gasteiger partial charge >= 0.3 is 6.18 Å². The average molecular weight is 372 g/mol. The summed E-state index contributed by atoms with van der Waals surface area (Å²) in [5.41, 5.74) is -1.16. The molecule has 15 heavy (non-hydrogen) atoms. The van der Waals surface area contributed by atoms with Gasteiger partial charge in [0.25, 0.3) is 9.05 Å². The van der Waals surface area contributed by atoms with Crippen molar-refractivity contribution in [3.63, 3.8) is 0 Å². The summed E-state index contributed by atoms with van der Waals surface area (Å²) in [6, 6.07) is 0.621. The van der Waals surface area contributed by atoms with Crippen molar-refractivity contribution in [1.29, 1.82) is 0 Å². The van der Waals surface area contributed by atoms with E-state index in [0.29, 0.717) is 12.3 Å². The Kier molecular flexibility index (Phi) is 3.51. The van der Waals surface area contributed by atoms with E-state index in [1.165, 1.54) is 22.6 Å². The topological polar surface area (TPSA) is 47.0 Å². The minimum Gasteiger partial charge on any atom is -0.250 e. The number of hydrogen-bond acceptors (Lipinski definition) is 3. The van der Waals surface area contributed by atoms with Crippen molar-refractivity contribution < 1.29 is 21.6 Å². The van der Waals surface area contributed by atoms with Crippen LogP contribution < -0.4 is 0 Å². The van der Waals surface area contributed by atoms with Crippen molar-refractivity contribution in [3.8, 4) is 0 Å². The number of halogens is 5. The maximum Gasteiger partial charge on any atom is 0.433 e. The van der Waals surface area contributed by atoms with E-state index in [1.54, 1.807) is 0 Å². The van der Waals surface area contributed by atoms with Crippen molar-refractivity contribution >= 4 is 42.3 Å². The third-order valence-corrected chi connectivity index (χ3v) is 3.98. The molecule has 0 amide bonds. The van der Waals surface area contributed by atoms with E-state index < -0.39 is 25.8 Å². The zero-order valence-corrected chi connectivity index (χ0v) is 10.4. The SMILES string of the molecule is O=S(=O)(Cl)c1cnc(C(F)(F)F)cc1I. The molecule has 1 aromatic heterocycles. The normalized spacial score (nSPS) is 12.9. The van der Waals surface area contributed by atoms with Crippen molar-refractivity contribution in [1.82, 2.24) is 4.98 Å². The molecule has 0 N–H and O–H groups in total. The summed E-state index contributed by atoms with van der Waals surface area (Å²) >= 11 is 1.45. The molecule has 0 saturated heterocycles. The van der Waals surface area contributed by atoms with Crippen molar-refractivity contribution in [2.24, 2.45) is 0 Å². The lowest BCUT2D eigenvalue weighted by Gasteiger charge is -2.07. The van der Waals surface area contributed by atoms with Gasteiger partial charge < -0.3 is 0 Å². The Morgan fingerprint density at radius 3 is 2.27 bits per heavy atom. The van der Waals surface area contributed by atoms with E-state index >= 15 is 0 Å². The van der Waals surface area contributed by atoms with Crippen LogP contribution >= 0.6 is 33.3 Å². The molecule has 0 radical (unpaired) electrons. The lowest BCUT2D eigenvalue weighted by Crippen LogP contribution is -2.09. The first-order valence-electron chi connectivity index (χ1n) is 3.30. The van der Waals surface area contributed by atoms with Gasteiger partial charge in [-0.3, -0.25) is 4.98 Å². The maximum absolute atomic E-state index is 12.1. The highest BCUT2D eigenvalue weighted by molar-refractivity contribution is 14.1. The third kappa shape index (κ3) is 3.18. The molecular weight excluding hydrogens is 369 g/mol. The standard InChI is InChI=1S/C6H2ClF3INO2S/c7-15(13,14)4-2-12-5(1-3(4)11)6(8,9)10/h1-2H. The Morgan fingerprint density at radius 2 is 1.93 bits per heavy atom. The molecule has 1 rings (SSSR count). The molecule has 0 aliphatic carbocycles. The molecule has 0 aliphatic rings. The predicted molar refractivity (Wildman–Crippen MR) is 55.0 cm³/mol. The highest BCUT2D eigenvalue weighted by atomic mass is 127. The first-order valence-corrected chi connectivity index (χ1v) is 6.68. The fraction of sp³-hybridized carbons (Fsp3) is 0.167. The van der Waals surface area contributed by atoms with Crippen LogP contribution in [-0.4, -0.2) is 13.4 Å². The number of hydrogen-bond donors (Lipinski definition) is 0. The van der Waals surface area contributed by atoms with Crippen LogP contribution in [-0.2, 0) is 15.2 Å². The molecule has 0 aliphatic heterocycles. The Hall–Kier alpha value is -0.0900. The van der Waals surface area contributed by atoms with Gasteiger partial charge in [0.05, 0.1) is 0 Å². The van der Waals surface area contributed by atoms with Crippen LogP contribution in [0, 0.1) is 3.57 Å². The number of pyridine rings is 1. The Balaban J connectivity index is 3.34. The van der Waals surface area contributed by atoms with Gasteiger partial charge in [0.2, 0.25) is 0 Å². The molecule has 1 aromatic rings. The van der Waals surface area contributed by atoms with Crippen LogP contribution in [0.3, 0.4) is 0 Å². The number of aromatic nitrogens is 1. The molecule has 84 valence electrons. The molecular formula is C6H2ClF3INO2S. The second kappa shape index (κ2) is 4.06. The van der Waals surface area contributed by atoms with E-state index in [1.807, 2.05) is 0 Å². The van der Waals surface area contributed by atoms with Gasteiger partial charge in [0, 0.05) is 20.4 Å². The predicted octanol–water partition coefficient (Wildman–Crippen LogP) is 2.63. The first kappa shape index (κ1) is 13.0. The largest absolute Gasteiger partial charge is 0.433 e. The van der Waals surface area contributed by atoms with Gasteiger partial charge in [0.15, 0.2) is 0 Å². The average Bonchev–Trinajstić information content (AvgIpc) is 1.99. The minimum atomic E-state index is -4.60. The van der Waals surface area contributed by atoms with Crippen molar-refractivity contribution in [2.75, 3.05) is 0 Å². The molecule has 0 aromatic carbocycles. The lowest BCUT2D eigenvalue weighted by atomic mass is 10.3. The number of nitrogens with zero attached hydrogens (tertiary/aromatic N) is 1. The molecule has 0 saturated carbocycles. The molecule has 0 atom stereocenters. The van der Waals surface area contributed by atoms with Gasteiger partial charge in [-0.05, 0) is 28.7 Å². The Bertz CT molecular complexity index is 488. The molecule has 1 heterocycles. The smallest absolute Gasteiger partial charge is 0.250 e. The maximum atomic E-state index is 12.1. The molecule has 3 nitrogen and oxygen atoms in total. The summed E-state index contributed by atoms with van der Waals surface area (Å²) < 4.78 is 58.0. The van der Waals surface area contributed by atoms with Crippen LogP contribution in [0.1, 0.15) is 5.69 Å². The zero-order chi connectivity index (χ0) is 11.9. The zero-order valence-electron chi connectivity index (χ0n) is 6.72. The quantitative estimate of drug-likeness (QED) is 0.563. The lowest BCUT2D eigenvalue weighted by molar-refractivity contribution is -0.141. The highest BCUT2D eigenvalue weighted by Gasteiger charge is 2.33. The number of alkyl halides is 3. The first-order chi connectivity index (χ1) is 6.62. The van der Waals surface area contributed by atoms with Crippen LogP contribution in [0.2, 0.25) is 0 Å². The van der Waals surface area contributed by atoms with Crippen LogP contribution in [0.15, 0.2) is 17.2 Å².